The van der Waals surface area contributed by atoms with Crippen LogP contribution >= 0.6 is 0 Å². The lowest BCUT2D eigenvalue weighted by Crippen LogP contribution is -2.28. The fraction of sp³-hybridized carbons (Fsp3) is 0.0714. The second-order valence-corrected chi connectivity index (χ2v) is 4.22. The number of anilines is 1. The number of hydrogen-bond donors (Lipinski definition) is 2. The number of carbonyl (C=O) groups is 1. The molecule has 21 heavy (non-hydrogen) atoms. The number of nitro benzene ring substituents is 1. The molecule has 108 valence electrons. The first kappa shape index (κ1) is 14.4. The molecular weight excluding hydrogens is 277 g/mol. The third kappa shape index (κ3) is 4.00. The van der Waals surface area contributed by atoms with Crippen molar-refractivity contribution >= 4 is 17.4 Å². The maximum absolute atomic E-state index is 13.2. The van der Waals surface area contributed by atoms with Gasteiger partial charge in [0.1, 0.15) is 0 Å². The maximum Gasteiger partial charge on any atom is 0.319 e. The molecule has 0 bridgehead atoms. The van der Waals surface area contributed by atoms with Crippen molar-refractivity contribution in [2.75, 3.05) is 5.32 Å². The fourth-order valence-corrected chi connectivity index (χ4v) is 1.68. The molecule has 6 nitrogen and oxygen atoms in total. The maximum atomic E-state index is 13.2. The monoisotopic (exact) mass is 289 g/mol. The molecule has 0 fully saturated rings. The molecule has 0 unspecified atom stereocenters. The van der Waals surface area contributed by atoms with E-state index in [-0.39, 0.29) is 5.69 Å². The van der Waals surface area contributed by atoms with Gasteiger partial charge in [-0.1, -0.05) is 30.3 Å². The van der Waals surface area contributed by atoms with Crippen molar-refractivity contribution in [1.82, 2.24) is 5.32 Å². The van der Waals surface area contributed by atoms with E-state index in [9.17, 15) is 19.3 Å². The summed E-state index contributed by atoms with van der Waals surface area (Å²) in [5.41, 5.74) is 0.377. The van der Waals surface area contributed by atoms with E-state index in [1.807, 2.05) is 30.3 Å². The van der Waals surface area contributed by atoms with E-state index in [0.717, 1.165) is 17.7 Å². The average Bonchev–Trinajstić information content (AvgIpc) is 2.48. The van der Waals surface area contributed by atoms with Gasteiger partial charge >= 0.3 is 11.7 Å². The summed E-state index contributed by atoms with van der Waals surface area (Å²) >= 11 is 0. The lowest BCUT2D eigenvalue weighted by molar-refractivity contribution is -0.387. The van der Waals surface area contributed by atoms with E-state index in [0.29, 0.717) is 6.54 Å². The van der Waals surface area contributed by atoms with Gasteiger partial charge in [-0.25, -0.2) is 4.79 Å². The molecule has 2 rings (SSSR count). The van der Waals surface area contributed by atoms with Gasteiger partial charge in [0.05, 0.1) is 4.92 Å². The highest BCUT2D eigenvalue weighted by molar-refractivity contribution is 5.89. The zero-order chi connectivity index (χ0) is 15.2. The lowest BCUT2D eigenvalue weighted by atomic mass is 10.2. The van der Waals surface area contributed by atoms with Gasteiger partial charge in [0.15, 0.2) is 0 Å². The first-order chi connectivity index (χ1) is 10.1. The van der Waals surface area contributed by atoms with Crippen LogP contribution in [0.5, 0.6) is 0 Å². The molecule has 0 spiro atoms. The predicted octanol–water partition coefficient (Wildman–Crippen LogP) is 3.06. The summed E-state index contributed by atoms with van der Waals surface area (Å²) in [5.74, 6) is -0.949. The number of carbonyl (C=O) groups excluding carboxylic acids is 1. The molecule has 0 saturated heterocycles. The van der Waals surface area contributed by atoms with Gasteiger partial charge in [-0.15, -0.1) is 0 Å². The van der Waals surface area contributed by atoms with Gasteiger partial charge in [0.2, 0.25) is 5.82 Å². The zero-order valence-electron chi connectivity index (χ0n) is 10.9. The Morgan fingerprint density at radius 3 is 2.57 bits per heavy atom. The van der Waals surface area contributed by atoms with Crippen LogP contribution in [0.2, 0.25) is 0 Å². The van der Waals surface area contributed by atoms with Crippen LogP contribution in [0, 0.1) is 15.9 Å². The predicted molar refractivity (Wildman–Crippen MR) is 75.4 cm³/mol. The quantitative estimate of drug-likeness (QED) is 0.670. The molecule has 2 N–H and O–H groups in total. The third-order valence-corrected chi connectivity index (χ3v) is 2.70. The van der Waals surface area contributed by atoms with Gasteiger partial charge in [-0.05, 0) is 17.7 Å². The molecule has 0 aromatic heterocycles. The number of amides is 2. The highest BCUT2D eigenvalue weighted by Gasteiger charge is 2.15. The number of benzene rings is 2. The van der Waals surface area contributed by atoms with Crippen LogP contribution in [0.3, 0.4) is 0 Å². The SMILES string of the molecule is O=C(NCc1ccccc1)Nc1ccc(F)c([N+](=O)[O-])c1. The van der Waals surface area contributed by atoms with Crippen molar-refractivity contribution in [3.8, 4) is 0 Å². The van der Waals surface area contributed by atoms with E-state index in [1.54, 1.807) is 0 Å². The molecule has 0 aliphatic rings. The molecule has 0 aliphatic carbocycles. The first-order valence-corrected chi connectivity index (χ1v) is 6.09. The molecule has 0 saturated carbocycles. The van der Waals surface area contributed by atoms with Gasteiger partial charge in [0, 0.05) is 18.3 Å². The minimum absolute atomic E-state index is 0.147. The Labute approximate surface area is 119 Å². The minimum atomic E-state index is -0.949. The molecule has 2 aromatic rings. The number of urea groups is 1. The van der Waals surface area contributed by atoms with E-state index in [1.165, 1.54) is 6.07 Å². The smallest absolute Gasteiger partial charge is 0.319 e. The summed E-state index contributed by atoms with van der Waals surface area (Å²) in [6.07, 6.45) is 0. The second-order valence-electron chi connectivity index (χ2n) is 4.22. The average molecular weight is 289 g/mol. The van der Waals surface area contributed by atoms with E-state index in [2.05, 4.69) is 10.6 Å². The summed E-state index contributed by atoms with van der Waals surface area (Å²) < 4.78 is 13.2. The van der Waals surface area contributed by atoms with Crippen LogP contribution in [0.1, 0.15) is 5.56 Å². The molecule has 0 heterocycles. The van der Waals surface area contributed by atoms with Crippen LogP contribution in [0.15, 0.2) is 48.5 Å². The Balaban J connectivity index is 1.97. The van der Waals surface area contributed by atoms with Crippen molar-refractivity contribution in [1.29, 1.82) is 0 Å². The summed E-state index contributed by atoms with van der Waals surface area (Å²) in [6, 6.07) is 11.9. The van der Waals surface area contributed by atoms with Gasteiger partial charge in [-0.2, -0.15) is 4.39 Å². The summed E-state index contributed by atoms with van der Waals surface area (Å²) in [7, 11) is 0. The minimum Gasteiger partial charge on any atom is -0.334 e. The normalized spacial score (nSPS) is 9.95. The standard InChI is InChI=1S/C14H12FN3O3/c15-12-7-6-11(8-13(12)18(20)21)17-14(19)16-9-10-4-2-1-3-5-10/h1-8H,9H2,(H2,16,17,19). The molecule has 2 amide bonds. The number of halogens is 1. The molecular formula is C14H12FN3O3. The van der Waals surface area contributed by atoms with Crippen LogP contribution < -0.4 is 10.6 Å². The number of hydrogen-bond acceptors (Lipinski definition) is 3. The van der Waals surface area contributed by atoms with Crippen LogP contribution in [0.25, 0.3) is 0 Å². The Morgan fingerprint density at radius 2 is 1.90 bits per heavy atom. The number of nitrogens with zero attached hydrogens (tertiary/aromatic N) is 1. The Kier molecular flexibility index (Phi) is 4.45. The summed E-state index contributed by atoms with van der Waals surface area (Å²) in [6.45, 7) is 0.315. The Morgan fingerprint density at radius 1 is 1.19 bits per heavy atom. The van der Waals surface area contributed by atoms with Crippen LogP contribution in [-0.2, 0) is 6.54 Å². The largest absolute Gasteiger partial charge is 0.334 e. The second kappa shape index (κ2) is 6.47. The topological polar surface area (TPSA) is 84.3 Å². The van der Waals surface area contributed by atoms with Gasteiger partial charge in [0.25, 0.3) is 0 Å². The summed E-state index contributed by atoms with van der Waals surface area (Å²) in [5, 5.41) is 15.6. The van der Waals surface area contributed by atoms with Crippen LogP contribution in [0.4, 0.5) is 20.6 Å². The molecule has 0 atom stereocenters. The number of nitro groups is 1. The summed E-state index contributed by atoms with van der Waals surface area (Å²) in [4.78, 5) is 21.4. The lowest BCUT2D eigenvalue weighted by Gasteiger charge is -2.07. The molecule has 0 radical (unpaired) electrons. The number of nitrogens with one attached hydrogen (secondary N) is 2. The fourth-order valence-electron chi connectivity index (χ4n) is 1.68. The Bertz CT molecular complexity index is 662. The Hall–Kier alpha value is -2.96. The molecule has 7 heteroatoms. The van der Waals surface area contributed by atoms with Gasteiger partial charge in [-0.3, -0.25) is 10.1 Å². The van der Waals surface area contributed by atoms with Crippen molar-refractivity contribution in [3.63, 3.8) is 0 Å². The third-order valence-electron chi connectivity index (χ3n) is 2.70. The zero-order valence-corrected chi connectivity index (χ0v) is 10.9. The van der Waals surface area contributed by atoms with Crippen molar-refractivity contribution < 1.29 is 14.1 Å². The van der Waals surface area contributed by atoms with Gasteiger partial charge < -0.3 is 10.6 Å². The van der Waals surface area contributed by atoms with E-state index >= 15 is 0 Å². The van der Waals surface area contributed by atoms with Crippen molar-refractivity contribution in [3.05, 3.63) is 70.0 Å². The van der Waals surface area contributed by atoms with Crippen LogP contribution in [-0.4, -0.2) is 11.0 Å². The van der Waals surface area contributed by atoms with Crippen molar-refractivity contribution in [2.24, 2.45) is 0 Å². The van der Waals surface area contributed by atoms with Crippen molar-refractivity contribution in [2.45, 2.75) is 6.54 Å². The first-order valence-electron chi connectivity index (χ1n) is 6.09. The van der Waals surface area contributed by atoms with E-state index in [4.69, 9.17) is 0 Å². The molecule has 0 aliphatic heterocycles. The highest BCUT2D eigenvalue weighted by atomic mass is 19.1. The highest BCUT2D eigenvalue weighted by Crippen LogP contribution is 2.21. The molecule has 2 aromatic carbocycles. The number of rotatable bonds is 4. The van der Waals surface area contributed by atoms with E-state index < -0.39 is 22.5 Å².